The number of aryl methyl sites for hydroxylation is 1. The summed E-state index contributed by atoms with van der Waals surface area (Å²) in [4.78, 5) is 0.286. The largest absolute Gasteiger partial charge is 0.244 e. The quantitative estimate of drug-likeness (QED) is 0.910. The van der Waals surface area contributed by atoms with E-state index in [-0.39, 0.29) is 4.90 Å². The Bertz CT molecular complexity index is 648. The van der Waals surface area contributed by atoms with Crippen molar-refractivity contribution in [1.29, 1.82) is 0 Å². The Hall–Kier alpha value is -0.760. The fraction of sp³-hybridized carbons (Fsp3) is 0.600. The van der Waals surface area contributed by atoms with Crippen LogP contribution >= 0.6 is 0 Å². The van der Waals surface area contributed by atoms with E-state index in [0.717, 1.165) is 12.0 Å². The number of nitrogens with one attached hydrogen (secondary N) is 1. The van der Waals surface area contributed by atoms with E-state index >= 15 is 0 Å². The van der Waals surface area contributed by atoms with Gasteiger partial charge in [-0.15, -0.1) is 0 Å². The van der Waals surface area contributed by atoms with Crippen LogP contribution in [-0.2, 0) is 21.0 Å². The molecule has 0 radical (unpaired) electrons. The average Bonchev–Trinajstić information content (AvgIpc) is 2.87. The topological polar surface area (TPSA) is 66.5 Å². The Morgan fingerprint density at radius 1 is 1.23 bits per heavy atom. The van der Waals surface area contributed by atoms with Crippen molar-refractivity contribution in [2.75, 3.05) is 6.54 Å². The van der Waals surface area contributed by atoms with Crippen molar-refractivity contribution in [3.63, 3.8) is 0 Å². The highest BCUT2D eigenvalue weighted by Crippen LogP contribution is 2.26. The molecule has 1 N–H and O–H groups in total. The van der Waals surface area contributed by atoms with Gasteiger partial charge in [-0.3, -0.25) is 0 Å². The van der Waals surface area contributed by atoms with Gasteiger partial charge in [-0.05, 0) is 52.7 Å². The number of benzene rings is 1. The number of rotatable bonds is 4. The molecule has 7 heteroatoms. The third-order valence-corrected chi connectivity index (χ3v) is 7.15. The van der Waals surface area contributed by atoms with Crippen LogP contribution in [0, 0.1) is 6.92 Å². The highest BCUT2D eigenvalue weighted by molar-refractivity contribution is 7.89. The molecule has 0 spiro atoms. The second-order valence-electron chi connectivity index (χ2n) is 6.59. The van der Waals surface area contributed by atoms with Crippen LogP contribution in [0.1, 0.15) is 39.2 Å². The number of hydrogen-bond donors (Lipinski definition) is 1. The van der Waals surface area contributed by atoms with Crippen molar-refractivity contribution in [3.8, 4) is 0 Å². The van der Waals surface area contributed by atoms with E-state index in [1.54, 1.807) is 24.3 Å². The fourth-order valence-corrected chi connectivity index (χ4v) is 4.82. The molecule has 1 aromatic rings. The maximum Gasteiger partial charge on any atom is 0.244 e. The van der Waals surface area contributed by atoms with Gasteiger partial charge >= 0.3 is 0 Å². The second kappa shape index (κ2) is 6.39. The first-order chi connectivity index (χ1) is 10.1. The summed E-state index contributed by atoms with van der Waals surface area (Å²) < 4.78 is 41.8. The maximum absolute atomic E-state index is 12.8. The van der Waals surface area contributed by atoms with Gasteiger partial charge in [0.05, 0.1) is 26.8 Å². The molecule has 1 saturated heterocycles. The van der Waals surface area contributed by atoms with Crippen LogP contribution in [0.25, 0.3) is 0 Å². The molecule has 22 heavy (non-hydrogen) atoms. The molecule has 1 aliphatic rings. The van der Waals surface area contributed by atoms with Gasteiger partial charge in [-0.2, -0.15) is 4.31 Å². The third-order valence-electron chi connectivity index (χ3n) is 3.63. The van der Waals surface area contributed by atoms with E-state index < -0.39 is 31.9 Å². The first-order valence-electron chi connectivity index (χ1n) is 7.39. The summed E-state index contributed by atoms with van der Waals surface area (Å²) in [5.74, 6) is 0. The lowest BCUT2D eigenvalue weighted by atomic mass is 10.2. The van der Waals surface area contributed by atoms with Crippen LogP contribution < -0.4 is 4.72 Å². The van der Waals surface area contributed by atoms with Crippen LogP contribution in [0.4, 0.5) is 0 Å². The second-order valence-corrected chi connectivity index (χ2v) is 10.5. The summed E-state index contributed by atoms with van der Waals surface area (Å²) in [7, 11) is -4.86. The predicted octanol–water partition coefficient (Wildman–Crippen LogP) is 2.16. The van der Waals surface area contributed by atoms with E-state index in [1.165, 1.54) is 4.31 Å². The fourth-order valence-electron chi connectivity index (χ4n) is 2.29. The molecule has 1 aliphatic heterocycles. The molecule has 124 valence electrons. The Labute approximate surface area is 135 Å². The molecular weight excluding hydrogens is 320 g/mol. The Kier molecular flexibility index (Phi) is 5.11. The molecule has 0 bridgehead atoms. The van der Waals surface area contributed by atoms with Gasteiger partial charge in [0.2, 0.25) is 10.0 Å². The zero-order valence-corrected chi connectivity index (χ0v) is 15.1. The van der Waals surface area contributed by atoms with Crippen molar-refractivity contribution >= 4 is 21.0 Å². The molecule has 0 amide bonds. The van der Waals surface area contributed by atoms with Gasteiger partial charge in [0, 0.05) is 6.54 Å². The van der Waals surface area contributed by atoms with E-state index in [0.29, 0.717) is 13.0 Å². The first-order valence-corrected chi connectivity index (χ1v) is 9.98. The zero-order valence-electron chi connectivity index (χ0n) is 13.5. The highest BCUT2D eigenvalue weighted by Gasteiger charge is 2.37. The molecule has 0 aromatic heterocycles. The summed E-state index contributed by atoms with van der Waals surface area (Å²) in [6.45, 7) is 7.97. The summed E-state index contributed by atoms with van der Waals surface area (Å²) >= 11 is 0. The predicted molar refractivity (Wildman–Crippen MR) is 89.1 cm³/mol. The third kappa shape index (κ3) is 3.76. The Morgan fingerprint density at radius 3 is 2.36 bits per heavy atom. The SMILES string of the molecule is Cc1ccc(S(=O)(=O)N2CCCC2NS(=O)C(C)(C)C)cc1. The minimum absolute atomic E-state index is 0.286. The molecule has 2 rings (SSSR count). The van der Waals surface area contributed by atoms with Crippen LogP contribution in [0.15, 0.2) is 29.2 Å². The highest BCUT2D eigenvalue weighted by atomic mass is 32.2. The molecule has 1 fully saturated rings. The molecule has 1 heterocycles. The van der Waals surface area contributed by atoms with Crippen LogP contribution in [-0.4, -0.2) is 34.4 Å². The summed E-state index contributed by atoms with van der Waals surface area (Å²) in [6, 6.07) is 6.83. The van der Waals surface area contributed by atoms with E-state index in [1.807, 2.05) is 27.7 Å². The van der Waals surface area contributed by atoms with Gasteiger partial charge in [0.25, 0.3) is 0 Å². The van der Waals surface area contributed by atoms with E-state index in [2.05, 4.69) is 4.72 Å². The van der Waals surface area contributed by atoms with E-state index in [9.17, 15) is 12.6 Å². The minimum Gasteiger partial charge on any atom is -0.242 e. The summed E-state index contributed by atoms with van der Waals surface area (Å²) in [5.41, 5.74) is 1.02. The monoisotopic (exact) mass is 344 g/mol. The normalized spacial score (nSPS) is 21.9. The number of nitrogens with zero attached hydrogens (tertiary/aromatic N) is 1. The van der Waals surface area contributed by atoms with Crippen molar-refractivity contribution in [1.82, 2.24) is 9.03 Å². The van der Waals surface area contributed by atoms with Crippen molar-refractivity contribution < 1.29 is 12.6 Å². The molecule has 1 aromatic carbocycles. The maximum atomic E-state index is 12.8. The average molecular weight is 345 g/mol. The van der Waals surface area contributed by atoms with Crippen molar-refractivity contribution in [3.05, 3.63) is 29.8 Å². The lowest BCUT2D eigenvalue weighted by Crippen LogP contribution is -2.48. The van der Waals surface area contributed by atoms with Crippen molar-refractivity contribution in [2.45, 2.75) is 56.3 Å². The summed E-state index contributed by atoms with van der Waals surface area (Å²) in [5, 5.41) is 0. The van der Waals surface area contributed by atoms with Gasteiger partial charge in [0.15, 0.2) is 0 Å². The van der Waals surface area contributed by atoms with Crippen molar-refractivity contribution in [2.24, 2.45) is 0 Å². The van der Waals surface area contributed by atoms with Gasteiger partial charge in [-0.25, -0.2) is 17.3 Å². The standard InChI is InChI=1S/C15H24N2O3S2/c1-12-7-9-13(10-8-12)22(19,20)17-11-5-6-14(17)16-21(18)15(2,3)4/h7-10,14,16H,5-6,11H2,1-4H3. The Balaban J connectivity index is 2.22. The molecule has 0 aliphatic carbocycles. The lowest BCUT2D eigenvalue weighted by Gasteiger charge is -2.27. The molecule has 2 unspecified atom stereocenters. The molecule has 0 saturated carbocycles. The van der Waals surface area contributed by atoms with Crippen LogP contribution in [0.5, 0.6) is 0 Å². The smallest absolute Gasteiger partial charge is 0.242 e. The van der Waals surface area contributed by atoms with Crippen LogP contribution in [0.3, 0.4) is 0 Å². The lowest BCUT2D eigenvalue weighted by molar-refractivity contribution is 0.373. The summed E-state index contributed by atoms with van der Waals surface area (Å²) in [6.07, 6.45) is 1.03. The van der Waals surface area contributed by atoms with Crippen LogP contribution in [0.2, 0.25) is 0 Å². The van der Waals surface area contributed by atoms with Gasteiger partial charge < -0.3 is 0 Å². The first kappa shape index (κ1) is 17.6. The molecular formula is C15H24N2O3S2. The minimum atomic E-state index is -3.56. The van der Waals surface area contributed by atoms with Gasteiger partial charge in [-0.1, -0.05) is 17.7 Å². The Morgan fingerprint density at radius 2 is 1.82 bits per heavy atom. The van der Waals surface area contributed by atoms with Gasteiger partial charge in [0.1, 0.15) is 0 Å². The zero-order chi connectivity index (χ0) is 16.5. The molecule has 2 atom stereocenters. The number of sulfonamides is 1. The molecule has 5 nitrogen and oxygen atoms in total. The number of hydrogen-bond acceptors (Lipinski definition) is 3. The van der Waals surface area contributed by atoms with E-state index in [4.69, 9.17) is 0 Å².